The maximum atomic E-state index is 13.0. The van der Waals surface area contributed by atoms with Crippen molar-refractivity contribution in [3.63, 3.8) is 0 Å². The zero-order valence-electron chi connectivity index (χ0n) is 14.7. The van der Waals surface area contributed by atoms with Crippen LogP contribution in [0.15, 0.2) is 42.5 Å². The molecule has 0 aliphatic heterocycles. The van der Waals surface area contributed by atoms with E-state index in [1.807, 2.05) is 0 Å². The number of aliphatic carboxylic acids is 1. The van der Waals surface area contributed by atoms with E-state index < -0.39 is 5.97 Å². The van der Waals surface area contributed by atoms with Gasteiger partial charge in [0.1, 0.15) is 5.75 Å². The molecule has 4 N–H and O–H groups in total. The van der Waals surface area contributed by atoms with E-state index in [9.17, 15) is 14.7 Å². The number of hydrogen-bond acceptors (Lipinski definition) is 4. The zero-order valence-corrected chi connectivity index (χ0v) is 15.5. The third-order valence-corrected chi connectivity index (χ3v) is 4.41. The number of carboxylic acids is 1. The van der Waals surface area contributed by atoms with Gasteiger partial charge in [0.15, 0.2) is 0 Å². The fourth-order valence-corrected chi connectivity index (χ4v) is 3.07. The lowest BCUT2D eigenvalue weighted by molar-refractivity contribution is -0.304. The number of halogens is 1. The second-order valence-electron chi connectivity index (χ2n) is 5.64. The Morgan fingerprint density at radius 2 is 1.81 bits per heavy atom. The zero-order chi connectivity index (χ0) is 18.1. The number of carbonyl (C=O) groups excluding carboxylic acids is 2. The molecule has 0 saturated carbocycles. The Morgan fingerprint density at radius 3 is 2.38 bits per heavy atom. The molecular formula is C19H19ClN2O4. The molecule has 7 heteroatoms. The average molecular weight is 375 g/mol. The minimum Gasteiger partial charge on any atom is -0.550 e. The molecule has 0 spiro atoms. The highest BCUT2D eigenvalue weighted by Crippen LogP contribution is 2.30. The summed E-state index contributed by atoms with van der Waals surface area (Å²) in [6, 6.07) is 11.8. The van der Waals surface area contributed by atoms with E-state index in [-0.39, 0.29) is 18.5 Å². The number of aromatic nitrogens is 1. The van der Waals surface area contributed by atoms with E-state index in [1.165, 1.54) is 11.7 Å². The summed E-state index contributed by atoms with van der Waals surface area (Å²) in [4.78, 5) is 24.1. The van der Waals surface area contributed by atoms with Gasteiger partial charge in [-0.1, -0.05) is 11.6 Å². The summed E-state index contributed by atoms with van der Waals surface area (Å²) in [6.07, 6.45) is -0.281. The molecule has 2 aromatic carbocycles. The van der Waals surface area contributed by atoms with Gasteiger partial charge in [-0.05, 0) is 55.0 Å². The predicted molar refractivity (Wildman–Crippen MR) is 99.1 cm³/mol. The van der Waals surface area contributed by atoms with Crippen molar-refractivity contribution in [2.24, 2.45) is 0 Å². The van der Waals surface area contributed by atoms with Crippen LogP contribution in [0.25, 0.3) is 10.9 Å². The fourth-order valence-electron chi connectivity index (χ4n) is 2.94. The van der Waals surface area contributed by atoms with Crippen molar-refractivity contribution in [2.45, 2.75) is 13.3 Å². The Morgan fingerprint density at radius 1 is 1.15 bits per heavy atom. The third-order valence-electron chi connectivity index (χ3n) is 4.16. The molecule has 0 radical (unpaired) electrons. The largest absolute Gasteiger partial charge is 0.550 e. The van der Waals surface area contributed by atoms with Gasteiger partial charge in [-0.3, -0.25) is 9.36 Å². The predicted octanol–water partition coefficient (Wildman–Crippen LogP) is 2.97. The second kappa shape index (κ2) is 7.59. The maximum absolute atomic E-state index is 13.0. The van der Waals surface area contributed by atoms with Crippen molar-refractivity contribution in [3.8, 4) is 5.75 Å². The fraction of sp³-hybridized carbons (Fsp3) is 0.158. The molecule has 0 aliphatic rings. The van der Waals surface area contributed by atoms with Crippen molar-refractivity contribution in [1.29, 1.82) is 0 Å². The van der Waals surface area contributed by atoms with Crippen molar-refractivity contribution < 1.29 is 19.4 Å². The highest BCUT2D eigenvalue weighted by Gasteiger charge is 2.20. The van der Waals surface area contributed by atoms with Crippen molar-refractivity contribution in [2.75, 3.05) is 7.11 Å². The van der Waals surface area contributed by atoms with E-state index in [4.69, 9.17) is 16.3 Å². The number of fused-ring (bicyclic) bond motifs is 1. The van der Waals surface area contributed by atoms with Crippen LogP contribution in [0.5, 0.6) is 5.75 Å². The van der Waals surface area contributed by atoms with Gasteiger partial charge in [0.25, 0.3) is 5.91 Å². The third kappa shape index (κ3) is 3.42. The van der Waals surface area contributed by atoms with Gasteiger partial charge in [0, 0.05) is 34.1 Å². The Labute approximate surface area is 155 Å². The highest BCUT2D eigenvalue weighted by atomic mass is 35.5. The molecule has 1 aromatic heterocycles. The Kier molecular flexibility index (Phi) is 5.69. The Balaban J connectivity index is 0.00000243. The number of carboxylic acid groups (broad SMARTS) is 1. The smallest absolute Gasteiger partial charge is 0.262 e. The summed E-state index contributed by atoms with van der Waals surface area (Å²) in [7, 11) is 1.53. The van der Waals surface area contributed by atoms with Crippen molar-refractivity contribution in [3.05, 3.63) is 64.3 Å². The summed E-state index contributed by atoms with van der Waals surface area (Å²) in [5.74, 6) is -0.874. The van der Waals surface area contributed by atoms with Gasteiger partial charge in [0.05, 0.1) is 12.6 Å². The first-order valence-electron chi connectivity index (χ1n) is 7.60. The number of quaternary nitrogens is 1. The average Bonchev–Trinajstić information content (AvgIpc) is 2.86. The van der Waals surface area contributed by atoms with Gasteiger partial charge in [-0.2, -0.15) is 0 Å². The lowest BCUT2D eigenvalue weighted by Gasteiger charge is -2.08. The van der Waals surface area contributed by atoms with Crippen LogP contribution in [0.4, 0.5) is 0 Å². The molecule has 0 saturated heterocycles. The van der Waals surface area contributed by atoms with Crippen LogP contribution >= 0.6 is 11.6 Å². The number of benzene rings is 2. The summed E-state index contributed by atoms with van der Waals surface area (Å²) >= 11 is 5.88. The number of carbonyl (C=O) groups is 2. The molecule has 0 aliphatic carbocycles. The van der Waals surface area contributed by atoms with Gasteiger partial charge in [0.2, 0.25) is 0 Å². The van der Waals surface area contributed by atoms with E-state index in [0.717, 1.165) is 0 Å². The van der Waals surface area contributed by atoms with Crippen LogP contribution in [-0.2, 0) is 11.2 Å². The van der Waals surface area contributed by atoms with Gasteiger partial charge in [-0.15, -0.1) is 0 Å². The second-order valence-corrected chi connectivity index (χ2v) is 6.08. The minimum atomic E-state index is -1.20. The summed E-state index contributed by atoms with van der Waals surface area (Å²) in [6.45, 7) is 1.72. The molecule has 3 aromatic rings. The first-order chi connectivity index (χ1) is 11.9. The van der Waals surface area contributed by atoms with Crippen molar-refractivity contribution in [1.82, 2.24) is 10.7 Å². The number of hydrogen-bond donors (Lipinski definition) is 1. The molecule has 0 atom stereocenters. The van der Waals surface area contributed by atoms with E-state index in [2.05, 4.69) is 0 Å². The molecule has 0 fully saturated rings. The van der Waals surface area contributed by atoms with Crippen LogP contribution in [0.1, 0.15) is 21.6 Å². The maximum Gasteiger partial charge on any atom is 0.262 e. The van der Waals surface area contributed by atoms with E-state index in [1.54, 1.807) is 49.4 Å². The molecule has 6 nitrogen and oxygen atoms in total. The lowest BCUT2D eigenvalue weighted by atomic mass is 10.1. The molecule has 3 rings (SSSR count). The summed E-state index contributed by atoms with van der Waals surface area (Å²) < 4.78 is 6.73. The van der Waals surface area contributed by atoms with Crippen molar-refractivity contribution >= 4 is 34.4 Å². The molecule has 1 heterocycles. The molecule has 0 bridgehead atoms. The molecular weight excluding hydrogens is 356 g/mol. The lowest BCUT2D eigenvalue weighted by Crippen LogP contribution is -2.24. The monoisotopic (exact) mass is 374 g/mol. The van der Waals surface area contributed by atoms with Gasteiger partial charge >= 0.3 is 0 Å². The topological polar surface area (TPSA) is 108 Å². The Hall–Kier alpha value is -2.83. The van der Waals surface area contributed by atoms with Crippen LogP contribution in [0, 0.1) is 6.92 Å². The van der Waals surface area contributed by atoms with Gasteiger partial charge in [-0.25, -0.2) is 0 Å². The molecule has 136 valence electrons. The van der Waals surface area contributed by atoms with E-state index >= 15 is 0 Å². The number of methoxy groups -OCH3 is 1. The minimum absolute atomic E-state index is 0. The number of rotatable bonds is 4. The van der Waals surface area contributed by atoms with Crippen LogP contribution in [0.3, 0.4) is 0 Å². The standard InChI is InChI=1S/C19H16ClNO4.H3N/c1-11-15(10-18(22)23)16-9-14(25-2)7-8-17(16)21(11)19(24)12-3-5-13(20)6-4-12;/h3-9H,10H2,1-2H3,(H,22,23);1H3. The summed E-state index contributed by atoms with van der Waals surface area (Å²) in [5, 5.41) is 12.3. The normalized spacial score (nSPS) is 10.4. The van der Waals surface area contributed by atoms with Gasteiger partial charge < -0.3 is 20.8 Å². The van der Waals surface area contributed by atoms with E-state index in [0.29, 0.717) is 38.5 Å². The summed E-state index contributed by atoms with van der Waals surface area (Å²) in [5.41, 5.74) is 2.18. The SMILES string of the molecule is COc1ccc2c(c1)c(CC(=O)[O-])c(C)n2C(=O)c1ccc(Cl)cc1.[NH4+]. The van der Waals surface area contributed by atoms with Crippen LogP contribution in [0.2, 0.25) is 5.02 Å². The first-order valence-corrected chi connectivity index (χ1v) is 7.98. The highest BCUT2D eigenvalue weighted by molar-refractivity contribution is 6.30. The van der Waals surface area contributed by atoms with Crippen LogP contribution < -0.4 is 16.0 Å². The first kappa shape index (κ1) is 19.5. The molecule has 0 unspecified atom stereocenters. The van der Waals surface area contributed by atoms with Crippen LogP contribution in [-0.4, -0.2) is 23.6 Å². The number of nitrogens with zero attached hydrogens (tertiary/aromatic N) is 1. The number of ether oxygens (including phenoxy) is 1. The quantitative estimate of drug-likeness (QED) is 0.757. The molecule has 26 heavy (non-hydrogen) atoms. The Bertz CT molecular complexity index is 977. The molecule has 0 amide bonds.